The third-order valence-electron chi connectivity index (χ3n) is 9.09. The molecule has 1 heterocycles. The molecule has 1 aromatic heterocycles. The Bertz CT molecular complexity index is 2520. The number of benzene rings is 8. The maximum absolute atomic E-state index is 4.95. The lowest BCUT2D eigenvalue weighted by Gasteiger charge is -2.13. The molecule has 0 aliphatic carbocycles. The molecule has 3 nitrogen and oxygen atoms in total. The molecule has 0 amide bonds. The number of aromatic nitrogens is 3. The first-order chi connectivity index (χ1) is 23.8. The van der Waals surface area contributed by atoms with Crippen LogP contribution >= 0.6 is 0 Å². The molecule has 0 fully saturated rings. The van der Waals surface area contributed by atoms with Crippen LogP contribution in [0.3, 0.4) is 0 Å². The largest absolute Gasteiger partial charge is 0.208 e. The second-order valence-corrected chi connectivity index (χ2v) is 12.1. The van der Waals surface area contributed by atoms with E-state index in [1.807, 2.05) is 60.7 Å². The van der Waals surface area contributed by atoms with E-state index in [-0.39, 0.29) is 0 Å². The first kappa shape index (κ1) is 27.8. The highest BCUT2D eigenvalue weighted by molar-refractivity contribution is 6.25. The number of fused-ring (bicyclic) bond motifs is 6. The molecule has 0 saturated heterocycles. The summed E-state index contributed by atoms with van der Waals surface area (Å²) in [5, 5.41) is 7.69. The number of nitrogens with zero attached hydrogens (tertiary/aromatic N) is 3. The van der Waals surface area contributed by atoms with E-state index >= 15 is 0 Å². The Morgan fingerprint density at radius 2 is 0.542 bits per heavy atom. The van der Waals surface area contributed by atoms with Crippen molar-refractivity contribution in [2.45, 2.75) is 0 Å². The molecule has 48 heavy (non-hydrogen) atoms. The molecule has 0 atom stereocenters. The highest BCUT2D eigenvalue weighted by Gasteiger charge is 2.14. The zero-order valence-electron chi connectivity index (χ0n) is 26.1. The highest BCUT2D eigenvalue weighted by Crippen LogP contribution is 2.38. The van der Waals surface area contributed by atoms with E-state index in [4.69, 9.17) is 15.0 Å². The minimum atomic E-state index is 0.648. The van der Waals surface area contributed by atoms with E-state index in [1.54, 1.807) is 0 Å². The number of hydrogen-bond acceptors (Lipinski definition) is 3. The molecular formula is C45H29N3. The van der Waals surface area contributed by atoms with Gasteiger partial charge in [-0.15, -0.1) is 0 Å². The SMILES string of the molecule is c1ccc(-c2nc(-c3ccccc3)nc(-c3cccc(-c4cccc(-c5ccc6c7ccccc7c7ccccc7c6c5)c4)c3)n2)cc1. The molecule has 0 aliphatic heterocycles. The van der Waals surface area contributed by atoms with E-state index in [2.05, 4.69) is 115 Å². The van der Waals surface area contributed by atoms with Gasteiger partial charge < -0.3 is 0 Å². The Labute approximate surface area is 278 Å². The molecule has 0 saturated carbocycles. The Balaban J connectivity index is 1.14. The fraction of sp³-hybridized carbons (Fsp3) is 0. The molecule has 0 N–H and O–H groups in total. The maximum atomic E-state index is 4.95. The summed E-state index contributed by atoms with van der Waals surface area (Å²) in [7, 11) is 0. The lowest BCUT2D eigenvalue weighted by Crippen LogP contribution is -2.00. The molecule has 8 aromatic carbocycles. The van der Waals surface area contributed by atoms with Crippen LogP contribution in [0.5, 0.6) is 0 Å². The molecule has 0 bridgehead atoms. The van der Waals surface area contributed by atoms with Crippen LogP contribution in [-0.4, -0.2) is 15.0 Å². The van der Waals surface area contributed by atoms with E-state index in [0.29, 0.717) is 17.5 Å². The van der Waals surface area contributed by atoms with Gasteiger partial charge in [0.2, 0.25) is 0 Å². The standard InChI is InChI=1S/C45H29N3/c1-3-13-30(14-4-1)43-46-44(31-15-5-2-6-16-31)48-45(47-43)36-20-12-19-34(28-36)32-17-11-18-33(27-32)35-25-26-41-39-23-8-7-21-37(39)38-22-9-10-24-40(38)42(41)29-35/h1-29H. The van der Waals surface area contributed by atoms with Crippen molar-refractivity contribution >= 4 is 32.3 Å². The zero-order chi connectivity index (χ0) is 31.9. The summed E-state index contributed by atoms with van der Waals surface area (Å²) >= 11 is 0. The van der Waals surface area contributed by atoms with Crippen LogP contribution in [0.2, 0.25) is 0 Å². The Hall–Kier alpha value is -6.45. The van der Waals surface area contributed by atoms with Crippen molar-refractivity contribution < 1.29 is 0 Å². The normalized spacial score (nSPS) is 11.3. The van der Waals surface area contributed by atoms with E-state index < -0.39 is 0 Å². The van der Waals surface area contributed by atoms with Crippen LogP contribution in [0.15, 0.2) is 176 Å². The van der Waals surface area contributed by atoms with Gasteiger partial charge in [0.05, 0.1) is 0 Å². The van der Waals surface area contributed by atoms with Gasteiger partial charge in [-0.05, 0) is 72.8 Å². The third kappa shape index (κ3) is 4.99. The highest BCUT2D eigenvalue weighted by atomic mass is 15.0. The molecular weight excluding hydrogens is 583 g/mol. The average Bonchev–Trinajstić information content (AvgIpc) is 3.18. The van der Waals surface area contributed by atoms with Crippen LogP contribution in [0.25, 0.3) is 88.7 Å². The summed E-state index contributed by atoms with van der Waals surface area (Å²) in [6.07, 6.45) is 0. The van der Waals surface area contributed by atoms with Crippen molar-refractivity contribution in [2.75, 3.05) is 0 Å². The molecule has 0 radical (unpaired) electrons. The molecule has 0 unspecified atom stereocenters. The van der Waals surface area contributed by atoms with Gasteiger partial charge in [-0.25, -0.2) is 15.0 Å². The summed E-state index contributed by atoms with van der Waals surface area (Å²) in [5.41, 5.74) is 7.47. The summed E-state index contributed by atoms with van der Waals surface area (Å²) < 4.78 is 0. The van der Waals surface area contributed by atoms with E-state index in [0.717, 1.165) is 27.8 Å². The summed E-state index contributed by atoms with van der Waals surface area (Å²) in [5.74, 6) is 1.96. The molecule has 0 aliphatic rings. The van der Waals surface area contributed by atoms with Crippen LogP contribution in [-0.2, 0) is 0 Å². The molecule has 0 spiro atoms. The zero-order valence-corrected chi connectivity index (χ0v) is 26.1. The quantitative estimate of drug-likeness (QED) is 0.182. The van der Waals surface area contributed by atoms with Crippen LogP contribution in [0.1, 0.15) is 0 Å². The van der Waals surface area contributed by atoms with Gasteiger partial charge in [-0.3, -0.25) is 0 Å². The predicted molar refractivity (Wildman–Crippen MR) is 200 cm³/mol. The van der Waals surface area contributed by atoms with Gasteiger partial charge in [-0.2, -0.15) is 0 Å². The second-order valence-electron chi connectivity index (χ2n) is 12.1. The number of rotatable bonds is 5. The molecule has 3 heteroatoms. The van der Waals surface area contributed by atoms with Crippen molar-refractivity contribution in [3.05, 3.63) is 176 Å². The molecule has 224 valence electrons. The van der Waals surface area contributed by atoms with Crippen LogP contribution in [0.4, 0.5) is 0 Å². The summed E-state index contributed by atoms with van der Waals surface area (Å²) in [6, 6.07) is 61.8. The van der Waals surface area contributed by atoms with Gasteiger partial charge >= 0.3 is 0 Å². The average molecular weight is 612 g/mol. The minimum Gasteiger partial charge on any atom is -0.208 e. The monoisotopic (exact) mass is 611 g/mol. The molecule has 9 rings (SSSR count). The summed E-state index contributed by atoms with van der Waals surface area (Å²) in [4.78, 5) is 14.8. The lowest BCUT2D eigenvalue weighted by molar-refractivity contribution is 1.07. The van der Waals surface area contributed by atoms with Crippen molar-refractivity contribution in [2.24, 2.45) is 0 Å². The van der Waals surface area contributed by atoms with Crippen molar-refractivity contribution in [3.63, 3.8) is 0 Å². The van der Waals surface area contributed by atoms with Crippen molar-refractivity contribution in [1.29, 1.82) is 0 Å². The Kier molecular flexibility index (Phi) is 6.80. The van der Waals surface area contributed by atoms with Gasteiger partial charge in [0.15, 0.2) is 17.5 Å². The van der Waals surface area contributed by atoms with Crippen molar-refractivity contribution in [1.82, 2.24) is 15.0 Å². The van der Waals surface area contributed by atoms with Gasteiger partial charge in [0.1, 0.15) is 0 Å². The maximum Gasteiger partial charge on any atom is 0.164 e. The minimum absolute atomic E-state index is 0.648. The summed E-state index contributed by atoms with van der Waals surface area (Å²) in [6.45, 7) is 0. The van der Waals surface area contributed by atoms with Gasteiger partial charge in [0, 0.05) is 16.7 Å². The smallest absolute Gasteiger partial charge is 0.164 e. The first-order valence-electron chi connectivity index (χ1n) is 16.2. The van der Waals surface area contributed by atoms with Crippen LogP contribution < -0.4 is 0 Å². The number of hydrogen-bond donors (Lipinski definition) is 0. The Morgan fingerprint density at radius 1 is 0.208 bits per heavy atom. The third-order valence-corrected chi connectivity index (χ3v) is 9.09. The van der Waals surface area contributed by atoms with Gasteiger partial charge in [-0.1, -0.05) is 158 Å². The predicted octanol–water partition coefficient (Wildman–Crippen LogP) is 11.7. The van der Waals surface area contributed by atoms with E-state index in [1.165, 1.54) is 43.4 Å². The Morgan fingerprint density at radius 3 is 1.04 bits per heavy atom. The van der Waals surface area contributed by atoms with Crippen molar-refractivity contribution in [3.8, 4) is 56.4 Å². The van der Waals surface area contributed by atoms with Gasteiger partial charge in [0.25, 0.3) is 0 Å². The fourth-order valence-corrected chi connectivity index (χ4v) is 6.74. The fourth-order valence-electron chi connectivity index (χ4n) is 6.74. The first-order valence-corrected chi connectivity index (χ1v) is 16.2. The van der Waals surface area contributed by atoms with Crippen LogP contribution in [0, 0.1) is 0 Å². The molecule has 9 aromatic rings. The second kappa shape index (κ2) is 11.7. The van der Waals surface area contributed by atoms with E-state index in [9.17, 15) is 0 Å². The topological polar surface area (TPSA) is 38.7 Å². The lowest BCUT2D eigenvalue weighted by atomic mass is 9.91.